The lowest BCUT2D eigenvalue weighted by Gasteiger charge is -2.27. The summed E-state index contributed by atoms with van der Waals surface area (Å²) in [5.41, 5.74) is -0.737. The lowest BCUT2D eigenvalue weighted by molar-refractivity contribution is -0.149. The monoisotopic (exact) mass is 231 g/mol. The third-order valence-corrected chi connectivity index (χ3v) is 2.56. The van der Waals surface area contributed by atoms with E-state index in [4.69, 9.17) is 9.84 Å². The predicted octanol–water partition coefficient (Wildman–Crippen LogP) is 0.321. The molecule has 5 heteroatoms. The van der Waals surface area contributed by atoms with Crippen molar-refractivity contribution in [1.29, 1.82) is 0 Å². The number of aliphatic carboxylic acids is 1. The second-order valence-electron chi connectivity index (χ2n) is 5.17. The van der Waals surface area contributed by atoms with E-state index in [9.17, 15) is 9.90 Å². The van der Waals surface area contributed by atoms with Crippen molar-refractivity contribution in [2.45, 2.75) is 44.5 Å². The Balaban J connectivity index is 2.31. The maximum absolute atomic E-state index is 10.7. The van der Waals surface area contributed by atoms with Crippen molar-refractivity contribution in [2.24, 2.45) is 0 Å². The topological polar surface area (TPSA) is 70.0 Å². The summed E-state index contributed by atoms with van der Waals surface area (Å²) < 4.78 is 5.39. The molecular formula is C11H21NO4. The molecule has 0 aliphatic carbocycles. The molecule has 5 nitrogen and oxygen atoms in total. The van der Waals surface area contributed by atoms with Crippen molar-refractivity contribution in [2.75, 3.05) is 20.1 Å². The Hall–Kier alpha value is -0.650. The van der Waals surface area contributed by atoms with Gasteiger partial charge in [-0.15, -0.1) is 0 Å². The van der Waals surface area contributed by atoms with Gasteiger partial charge in [0.2, 0.25) is 0 Å². The molecule has 0 aromatic heterocycles. The average Bonchev–Trinajstić information content (AvgIpc) is 2.48. The Bertz CT molecular complexity index is 249. The second kappa shape index (κ2) is 5.12. The Morgan fingerprint density at radius 3 is 2.56 bits per heavy atom. The van der Waals surface area contributed by atoms with E-state index >= 15 is 0 Å². The van der Waals surface area contributed by atoms with Crippen LogP contribution in [0.25, 0.3) is 0 Å². The molecule has 2 N–H and O–H groups in total. The number of carboxylic acids is 1. The van der Waals surface area contributed by atoms with Crippen molar-refractivity contribution in [1.82, 2.24) is 4.90 Å². The van der Waals surface area contributed by atoms with Gasteiger partial charge in [-0.25, -0.2) is 4.79 Å². The Kier molecular flexibility index (Phi) is 4.29. The van der Waals surface area contributed by atoms with Crippen LogP contribution in [-0.4, -0.2) is 59.0 Å². The molecule has 1 rings (SSSR count). The van der Waals surface area contributed by atoms with Crippen molar-refractivity contribution in [3.05, 3.63) is 0 Å². The summed E-state index contributed by atoms with van der Waals surface area (Å²) in [7, 11) is 1.90. The van der Waals surface area contributed by atoms with Gasteiger partial charge in [-0.05, 0) is 33.7 Å². The van der Waals surface area contributed by atoms with E-state index in [0.29, 0.717) is 19.5 Å². The number of hydrogen-bond acceptors (Lipinski definition) is 4. The van der Waals surface area contributed by atoms with Crippen LogP contribution in [0.15, 0.2) is 0 Å². The van der Waals surface area contributed by atoms with E-state index in [1.165, 1.54) is 0 Å². The summed E-state index contributed by atoms with van der Waals surface area (Å²) in [4.78, 5) is 12.7. The minimum absolute atomic E-state index is 0.0338. The van der Waals surface area contributed by atoms with Crippen molar-refractivity contribution in [3.8, 4) is 0 Å². The molecule has 1 aliphatic heterocycles. The van der Waals surface area contributed by atoms with Gasteiger partial charge in [0.15, 0.2) is 6.10 Å². The minimum atomic E-state index is -0.882. The number of carbonyl (C=O) groups is 1. The number of rotatable bonds is 5. The number of ether oxygens (including phenoxy) is 1. The molecule has 1 heterocycles. The Morgan fingerprint density at radius 1 is 1.50 bits per heavy atom. The smallest absolute Gasteiger partial charge is 0.332 e. The van der Waals surface area contributed by atoms with Crippen LogP contribution in [-0.2, 0) is 9.53 Å². The third kappa shape index (κ3) is 4.47. The summed E-state index contributed by atoms with van der Waals surface area (Å²) in [6.45, 7) is 4.70. The zero-order valence-electron chi connectivity index (χ0n) is 10.1. The quantitative estimate of drug-likeness (QED) is 0.713. The van der Waals surface area contributed by atoms with Gasteiger partial charge in [-0.1, -0.05) is 0 Å². The van der Waals surface area contributed by atoms with Crippen LogP contribution in [0.2, 0.25) is 0 Å². The fraction of sp³-hybridized carbons (Fsp3) is 0.909. The normalized spacial score (nSPS) is 26.3. The highest BCUT2D eigenvalue weighted by molar-refractivity contribution is 5.72. The summed E-state index contributed by atoms with van der Waals surface area (Å²) in [6, 6.07) is 0. The molecule has 2 atom stereocenters. The van der Waals surface area contributed by atoms with E-state index in [-0.39, 0.29) is 6.10 Å². The highest BCUT2D eigenvalue weighted by Gasteiger charge is 2.31. The number of aliphatic hydroxyl groups is 1. The molecule has 0 radical (unpaired) electrons. The van der Waals surface area contributed by atoms with Gasteiger partial charge in [0.25, 0.3) is 0 Å². The van der Waals surface area contributed by atoms with E-state index in [1.807, 2.05) is 11.9 Å². The number of hydrogen-bond donors (Lipinski definition) is 2. The van der Waals surface area contributed by atoms with Crippen molar-refractivity contribution < 1.29 is 19.7 Å². The third-order valence-electron chi connectivity index (χ3n) is 2.56. The zero-order valence-corrected chi connectivity index (χ0v) is 10.1. The summed E-state index contributed by atoms with van der Waals surface area (Å²) in [6.07, 6.45) is 0.665. The van der Waals surface area contributed by atoms with Gasteiger partial charge in [0.05, 0.1) is 11.7 Å². The largest absolute Gasteiger partial charge is 0.479 e. The molecule has 0 aromatic carbocycles. The van der Waals surface area contributed by atoms with Gasteiger partial charge in [0, 0.05) is 13.1 Å². The van der Waals surface area contributed by atoms with Gasteiger partial charge < -0.3 is 19.8 Å². The molecule has 0 saturated carbocycles. The van der Waals surface area contributed by atoms with Crippen LogP contribution in [0, 0.1) is 0 Å². The van der Waals surface area contributed by atoms with E-state index in [1.54, 1.807) is 13.8 Å². The number of nitrogens with zero attached hydrogens (tertiary/aromatic N) is 1. The molecular weight excluding hydrogens is 210 g/mol. The molecule has 94 valence electrons. The average molecular weight is 231 g/mol. The Morgan fingerprint density at radius 2 is 2.12 bits per heavy atom. The lowest BCUT2D eigenvalue weighted by Crippen LogP contribution is -2.40. The van der Waals surface area contributed by atoms with Crippen LogP contribution < -0.4 is 0 Å². The van der Waals surface area contributed by atoms with E-state index in [0.717, 1.165) is 6.42 Å². The first-order valence-electron chi connectivity index (χ1n) is 5.57. The van der Waals surface area contributed by atoms with Crippen molar-refractivity contribution in [3.63, 3.8) is 0 Å². The fourth-order valence-corrected chi connectivity index (χ4v) is 2.09. The highest BCUT2D eigenvalue weighted by atomic mass is 16.5. The molecule has 0 spiro atoms. The number of likely N-dealkylation sites (N-methyl/N-ethyl adjacent to an activating group) is 1. The number of carboxylic acid groups (broad SMARTS) is 1. The molecule has 0 aromatic rings. The van der Waals surface area contributed by atoms with Crippen LogP contribution in [0.5, 0.6) is 0 Å². The van der Waals surface area contributed by atoms with Crippen LogP contribution in [0.3, 0.4) is 0 Å². The molecule has 16 heavy (non-hydrogen) atoms. The summed E-state index contributed by atoms with van der Waals surface area (Å²) >= 11 is 0. The molecule has 1 saturated heterocycles. The van der Waals surface area contributed by atoms with Gasteiger partial charge in [-0.3, -0.25) is 0 Å². The van der Waals surface area contributed by atoms with Gasteiger partial charge >= 0.3 is 5.97 Å². The standard InChI is InChI=1S/C11H21NO4/c1-11(2,15)7-12(3)6-8-4-5-9(16-8)10(13)14/h8-9,15H,4-7H2,1-3H3,(H,13,14). The van der Waals surface area contributed by atoms with E-state index in [2.05, 4.69) is 0 Å². The van der Waals surface area contributed by atoms with Gasteiger partial charge in [0.1, 0.15) is 0 Å². The van der Waals surface area contributed by atoms with Crippen LogP contribution in [0.4, 0.5) is 0 Å². The lowest BCUT2D eigenvalue weighted by atomic mass is 10.1. The predicted molar refractivity (Wildman–Crippen MR) is 59.3 cm³/mol. The zero-order chi connectivity index (χ0) is 12.3. The first-order valence-corrected chi connectivity index (χ1v) is 5.57. The van der Waals surface area contributed by atoms with E-state index < -0.39 is 17.7 Å². The Labute approximate surface area is 96.0 Å². The maximum Gasteiger partial charge on any atom is 0.332 e. The molecule has 0 bridgehead atoms. The fourth-order valence-electron chi connectivity index (χ4n) is 2.09. The first kappa shape index (κ1) is 13.4. The molecule has 1 aliphatic rings. The molecule has 1 fully saturated rings. The first-order chi connectivity index (χ1) is 7.28. The SMILES string of the molecule is CN(CC1CCC(C(=O)O)O1)CC(C)(C)O. The van der Waals surface area contributed by atoms with Gasteiger partial charge in [-0.2, -0.15) is 0 Å². The minimum Gasteiger partial charge on any atom is -0.479 e. The van der Waals surface area contributed by atoms with Crippen molar-refractivity contribution >= 4 is 5.97 Å². The molecule has 0 amide bonds. The van der Waals surface area contributed by atoms with Crippen LogP contribution in [0.1, 0.15) is 26.7 Å². The second-order valence-corrected chi connectivity index (χ2v) is 5.17. The molecule has 2 unspecified atom stereocenters. The summed E-state index contributed by atoms with van der Waals surface area (Å²) in [5.74, 6) is -0.882. The summed E-state index contributed by atoms with van der Waals surface area (Å²) in [5, 5.41) is 18.4. The highest BCUT2D eigenvalue weighted by Crippen LogP contribution is 2.20. The maximum atomic E-state index is 10.7. The van der Waals surface area contributed by atoms with Crippen LogP contribution >= 0.6 is 0 Å².